The van der Waals surface area contributed by atoms with Crippen LogP contribution in [0.2, 0.25) is 0 Å². The molecule has 0 amide bonds. The number of rotatable bonds is 3. The summed E-state index contributed by atoms with van der Waals surface area (Å²) in [4.78, 5) is 15.6. The van der Waals surface area contributed by atoms with Gasteiger partial charge in [-0.05, 0) is 37.6 Å². The van der Waals surface area contributed by atoms with Gasteiger partial charge in [0.2, 0.25) is 0 Å². The topological polar surface area (TPSA) is 70.1 Å². The van der Waals surface area contributed by atoms with Gasteiger partial charge in [0.25, 0.3) is 0 Å². The fourth-order valence-electron chi connectivity index (χ4n) is 1.80. The SMILES string of the molecule is CCOC(=O)c1ncn(-c2ccc(F)cc2C)c1N. The number of carbonyl (C=O) groups is 1. The monoisotopic (exact) mass is 263 g/mol. The Labute approximate surface area is 109 Å². The molecule has 2 N–H and O–H groups in total. The molecule has 0 aliphatic heterocycles. The Morgan fingerprint density at radius 3 is 2.89 bits per heavy atom. The molecule has 0 aliphatic carbocycles. The molecule has 0 saturated heterocycles. The van der Waals surface area contributed by atoms with Gasteiger partial charge in [0, 0.05) is 0 Å². The summed E-state index contributed by atoms with van der Waals surface area (Å²) in [7, 11) is 0. The molecule has 1 aromatic heterocycles. The molecule has 0 fully saturated rings. The van der Waals surface area contributed by atoms with Gasteiger partial charge in [-0.15, -0.1) is 0 Å². The average Bonchev–Trinajstić information content (AvgIpc) is 2.72. The van der Waals surface area contributed by atoms with Gasteiger partial charge in [0.05, 0.1) is 12.3 Å². The van der Waals surface area contributed by atoms with Gasteiger partial charge in [0.15, 0.2) is 5.69 Å². The van der Waals surface area contributed by atoms with Crippen molar-refractivity contribution in [2.24, 2.45) is 0 Å². The van der Waals surface area contributed by atoms with E-state index in [-0.39, 0.29) is 23.9 Å². The first-order valence-electron chi connectivity index (χ1n) is 5.81. The van der Waals surface area contributed by atoms with Gasteiger partial charge in [-0.2, -0.15) is 0 Å². The Kier molecular flexibility index (Phi) is 3.50. The summed E-state index contributed by atoms with van der Waals surface area (Å²) in [5, 5.41) is 0. The molecule has 0 atom stereocenters. The number of nitrogens with two attached hydrogens (primary N) is 1. The number of aryl methyl sites for hydroxylation is 1. The number of esters is 1. The predicted molar refractivity (Wildman–Crippen MR) is 68.6 cm³/mol. The molecule has 6 heteroatoms. The van der Waals surface area contributed by atoms with Crippen LogP contribution in [-0.4, -0.2) is 22.1 Å². The lowest BCUT2D eigenvalue weighted by atomic mass is 10.2. The molecule has 0 radical (unpaired) electrons. The van der Waals surface area contributed by atoms with Crippen LogP contribution >= 0.6 is 0 Å². The number of hydrogen-bond acceptors (Lipinski definition) is 4. The summed E-state index contributed by atoms with van der Waals surface area (Å²) in [5.41, 5.74) is 7.30. The van der Waals surface area contributed by atoms with Crippen LogP contribution in [0.25, 0.3) is 5.69 Å². The third kappa shape index (κ3) is 2.42. The van der Waals surface area contributed by atoms with Crippen LogP contribution in [0.5, 0.6) is 0 Å². The van der Waals surface area contributed by atoms with Gasteiger partial charge >= 0.3 is 5.97 Å². The molecular formula is C13H14FN3O2. The Morgan fingerprint density at radius 2 is 2.26 bits per heavy atom. The van der Waals surface area contributed by atoms with E-state index in [4.69, 9.17) is 10.5 Å². The van der Waals surface area contributed by atoms with Crippen molar-refractivity contribution in [2.75, 3.05) is 12.3 Å². The van der Waals surface area contributed by atoms with E-state index in [9.17, 15) is 9.18 Å². The van der Waals surface area contributed by atoms with E-state index < -0.39 is 5.97 Å². The minimum atomic E-state index is -0.571. The van der Waals surface area contributed by atoms with Crippen molar-refractivity contribution in [2.45, 2.75) is 13.8 Å². The Hall–Kier alpha value is -2.37. The Balaban J connectivity index is 2.44. The average molecular weight is 263 g/mol. The molecule has 0 aliphatic rings. The number of nitrogens with zero attached hydrogens (tertiary/aromatic N) is 2. The zero-order valence-corrected chi connectivity index (χ0v) is 10.7. The fourth-order valence-corrected chi connectivity index (χ4v) is 1.80. The summed E-state index contributed by atoms with van der Waals surface area (Å²) in [5.74, 6) is -0.725. The minimum absolute atomic E-state index is 0.0607. The van der Waals surface area contributed by atoms with E-state index in [1.807, 2.05) is 0 Å². The zero-order valence-electron chi connectivity index (χ0n) is 10.7. The van der Waals surface area contributed by atoms with Crippen molar-refractivity contribution in [3.63, 3.8) is 0 Å². The predicted octanol–water partition coefficient (Wildman–Crippen LogP) is 2.08. The third-order valence-corrected chi connectivity index (χ3v) is 2.69. The Bertz CT molecular complexity index is 622. The smallest absolute Gasteiger partial charge is 0.360 e. The summed E-state index contributed by atoms with van der Waals surface area (Å²) >= 11 is 0. The van der Waals surface area contributed by atoms with Gasteiger partial charge < -0.3 is 10.5 Å². The van der Waals surface area contributed by atoms with Crippen LogP contribution in [0.4, 0.5) is 10.2 Å². The molecule has 0 bridgehead atoms. The zero-order chi connectivity index (χ0) is 14.0. The molecule has 2 aromatic rings. The number of hydrogen-bond donors (Lipinski definition) is 1. The van der Waals surface area contributed by atoms with Crippen molar-refractivity contribution in [1.29, 1.82) is 0 Å². The van der Waals surface area contributed by atoms with Crippen LogP contribution in [0.3, 0.4) is 0 Å². The van der Waals surface area contributed by atoms with E-state index in [0.717, 1.165) is 0 Å². The molecule has 100 valence electrons. The highest BCUT2D eigenvalue weighted by atomic mass is 19.1. The number of halogens is 1. The maximum absolute atomic E-state index is 13.1. The largest absolute Gasteiger partial charge is 0.461 e. The van der Waals surface area contributed by atoms with Crippen molar-refractivity contribution in [1.82, 2.24) is 9.55 Å². The molecule has 5 nitrogen and oxygen atoms in total. The first-order valence-corrected chi connectivity index (χ1v) is 5.81. The number of ether oxygens (including phenoxy) is 1. The molecule has 0 saturated carbocycles. The summed E-state index contributed by atoms with van der Waals surface area (Å²) in [6.07, 6.45) is 1.42. The fraction of sp³-hybridized carbons (Fsp3) is 0.231. The van der Waals surface area contributed by atoms with E-state index in [0.29, 0.717) is 11.3 Å². The maximum atomic E-state index is 13.1. The second-order valence-corrected chi connectivity index (χ2v) is 4.00. The lowest BCUT2D eigenvalue weighted by Gasteiger charge is -2.09. The van der Waals surface area contributed by atoms with E-state index in [1.165, 1.54) is 23.0 Å². The van der Waals surface area contributed by atoms with Crippen LogP contribution in [0.15, 0.2) is 24.5 Å². The second-order valence-electron chi connectivity index (χ2n) is 4.00. The molecular weight excluding hydrogens is 249 g/mol. The van der Waals surface area contributed by atoms with Crippen molar-refractivity contribution >= 4 is 11.8 Å². The quantitative estimate of drug-likeness (QED) is 0.861. The number of imidazole rings is 1. The van der Waals surface area contributed by atoms with Crippen LogP contribution in [0, 0.1) is 12.7 Å². The second kappa shape index (κ2) is 5.09. The lowest BCUT2D eigenvalue weighted by Crippen LogP contribution is -2.09. The lowest BCUT2D eigenvalue weighted by molar-refractivity contribution is 0.0521. The Morgan fingerprint density at radius 1 is 1.53 bits per heavy atom. The number of aromatic nitrogens is 2. The van der Waals surface area contributed by atoms with Gasteiger partial charge in [-0.3, -0.25) is 4.57 Å². The van der Waals surface area contributed by atoms with Gasteiger partial charge in [-0.1, -0.05) is 0 Å². The highest BCUT2D eigenvalue weighted by molar-refractivity contribution is 5.92. The number of nitrogen functional groups attached to an aromatic ring is 1. The molecule has 19 heavy (non-hydrogen) atoms. The summed E-state index contributed by atoms with van der Waals surface area (Å²) in [6.45, 7) is 3.71. The molecule has 1 heterocycles. The normalized spacial score (nSPS) is 10.5. The van der Waals surface area contributed by atoms with Gasteiger partial charge in [0.1, 0.15) is 18.0 Å². The van der Waals surface area contributed by atoms with Crippen molar-refractivity contribution in [3.8, 4) is 5.69 Å². The van der Waals surface area contributed by atoms with Gasteiger partial charge in [-0.25, -0.2) is 14.2 Å². The highest BCUT2D eigenvalue weighted by Gasteiger charge is 2.18. The molecule has 0 unspecified atom stereocenters. The molecule has 1 aromatic carbocycles. The number of benzene rings is 1. The summed E-state index contributed by atoms with van der Waals surface area (Å²) in [6, 6.07) is 4.29. The first-order chi connectivity index (χ1) is 9.04. The first kappa shape index (κ1) is 13.1. The van der Waals surface area contributed by atoms with Crippen LogP contribution in [0.1, 0.15) is 23.0 Å². The maximum Gasteiger partial charge on any atom is 0.360 e. The van der Waals surface area contributed by atoms with Crippen LogP contribution in [-0.2, 0) is 4.74 Å². The van der Waals surface area contributed by atoms with E-state index in [1.54, 1.807) is 19.9 Å². The van der Waals surface area contributed by atoms with Crippen LogP contribution < -0.4 is 5.73 Å². The number of anilines is 1. The van der Waals surface area contributed by atoms with Crippen molar-refractivity contribution < 1.29 is 13.9 Å². The van der Waals surface area contributed by atoms with E-state index >= 15 is 0 Å². The third-order valence-electron chi connectivity index (χ3n) is 2.69. The van der Waals surface area contributed by atoms with E-state index in [2.05, 4.69) is 4.98 Å². The van der Waals surface area contributed by atoms with Crippen molar-refractivity contribution in [3.05, 3.63) is 41.6 Å². The molecule has 2 rings (SSSR count). The standard InChI is InChI=1S/C13H14FN3O2/c1-3-19-13(18)11-12(15)17(7-16-11)10-5-4-9(14)6-8(10)2/h4-7H,3,15H2,1-2H3. The summed E-state index contributed by atoms with van der Waals surface area (Å²) < 4.78 is 19.4. The molecule has 0 spiro atoms. The minimum Gasteiger partial charge on any atom is -0.461 e. The number of carbonyl (C=O) groups excluding carboxylic acids is 1. The highest BCUT2D eigenvalue weighted by Crippen LogP contribution is 2.21.